The molecule has 0 saturated heterocycles. The molecule has 2 rings (SSSR count). The number of carbonyl (C=O) groups is 1. The van der Waals surface area contributed by atoms with Crippen molar-refractivity contribution in [1.29, 1.82) is 0 Å². The first-order valence-corrected chi connectivity index (χ1v) is 8.26. The van der Waals surface area contributed by atoms with Gasteiger partial charge in [-0.1, -0.05) is 25.6 Å². The average molecular weight is 368 g/mol. The lowest BCUT2D eigenvalue weighted by atomic mass is 9.88. The summed E-state index contributed by atoms with van der Waals surface area (Å²) in [6.07, 6.45) is 0.593. The highest BCUT2D eigenvalue weighted by atomic mass is 32.2. The summed E-state index contributed by atoms with van der Waals surface area (Å²) < 4.78 is 36.8. The molecule has 1 heterocycles. The second-order valence-electron chi connectivity index (χ2n) is 5.53. The highest BCUT2D eigenvalue weighted by molar-refractivity contribution is 8.00. The highest BCUT2D eigenvalue weighted by Crippen LogP contribution is 2.46. The van der Waals surface area contributed by atoms with Crippen LogP contribution in [0.5, 0.6) is 11.8 Å². The Balaban J connectivity index is 2.59. The van der Waals surface area contributed by atoms with Gasteiger partial charge in [-0.2, -0.15) is 9.97 Å². The van der Waals surface area contributed by atoms with Crippen molar-refractivity contribution in [2.45, 2.75) is 23.8 Å². The van der Waals surface area contributed by atoms with Crippen LogP contribution in [0.3, 0.4) is 0 Å². The van der Waals surface area contributed by atoms with Crippen molar-refractivity contribution in [1.82, 2.24) is 9.97 Å². The number of benzene rings is 1. The Morgan fingerprint density at radius 3 is 2.20 bits per heavy atom. The van der Waals surface area contributed by atoms with Gasteiger partial charge in [0.25, 0.3) is 0 Å². The smallest absolute Gasteiger partial charge is 0.220 e. The van der Waals surface area contributed by atoms with Crippen LogP contribution in [0, 0.1) is 17.6 Å². The lowest BCUT2D eigenvalue weighted by Gasteiger charge is -2.31. The Kier molecular flexibility index (Phi) is 5.94. The van der Waals surface area contributed by atoms with Gasteiger partial charge < -0.3 is 14.3 Å². The van der Waals surface area contributed by atoms with Crippen LogP contribution in [0.1, 0.15) is 19.4 Å². The monoisotopic (exact) mass is 368 g/mol. The normalized spacial score (nSPS) is 13.4. The number of hydrogen-bond donors (Lipinski definition) is 0. The molecule has 0 bridgehead atoms. The summed E-state index contributed by atoms with van der Waals surface area (Å²) in [5.74, 6) is -1.21. The van der Waals surface area contributed by atoms with Crippen LogP contribution in [0.4, 0.5) is 8.78 Å². The zero-order chi connectivity index (χ0) is 18.6. The number of nitrogens with zero attached hydrogens (tertiary/aromatic N) is 2. The Hall–Kier alpha value is -2.22. The standard InChI is InChI=1S/C17H18F2N2O3S/c1-10(2)17(9-22,12-7-11(18)5-6-13(12)19)25-16-20-14(23-3)8-15(21-16)24-4/h5-10H,1-4H3. The van der Waals surface area contributed by atoms with Crippen LogP contribution < -0.4 is 9.47 Å². The molecule has 1 atom stereocenters. The van der Waals surface area contributed by atoms with E-state index in [-0.39, 0.29) is 28.4 Å². The van der Waals surface area contributed by atoms with Crippen LogP contribution in [0.2, 0.25) is 0 Å². The van der Waals surface area contributed by atoms with Crippen LogP contribution in [0.25, 0.3) is 0 Å². The SMILES string of the molecule is COc1cc(OC)nc(SC(C=O)(c2cc(F)ccc2F)C(C)C)n1. The van der Waals surface area contributed by atoms with E-state index in [1.807, 2.05) is 0 Å². The minimum absolute atomic E-state index is 0.0621. The number of rotatable bonds is 7. The van der Waals surface area contributed by atoms with E-state index in [2.05, 4.69) is 9.97 Å². The average Bonchev–Trinajstić information content (AvgIpc) is 2.61. The maximum Gasteiger partial charge on any atom is 0.220 e. The van der Waals surface area contributed by atoms with Gasteiger partial charge in [0.2, 0.25) is 11.8 Å². The number of carbonyl (C=O) groups excluding carboxylic acids is 1. The van der Waals surface area contributed by atoms with Gasteiger partial charge >= 0.3 is 0 Å². The van der Waals surface area contributed by atoms with E-state index in [0.717, 1.165) is 30.0 Å². The molecule has 0 fully saturated rings. The fourth-order valence-electron chi connectivity index (χ4n) is 2.29. The lowest BCUT2D eigenvalue weighted by molar-refractivity contribution is -0.111. The summed E-state index contributed by atoms with van der Waals surface area (Å²) in [4.78, 5) is 20.4. The summed E-state index contributed by atoms with van der Waals surface area (Å²) >= 11 is 0.922. The Morgan fingerprint density at radius 1 is 1.12 bits per heavy atom. The topological polar surface area (TPSA) is 61.3 Å². The first-order chi connectivity index (χ1) is 11.9. The number of aromatic nitrogens is 2. The van der Waals surface area contributed by atoms with Gasteiger partial charge in [-0.15, -0.1) is 0 Å². The predicted molar refractivity (Wildman–Crippen MR) is 89.9 cm³/mol. The number of thioether (sulfide) groups is 1. The molecular weight excluding hydrogens is 350 g/mol. The molecule has 0 aliphatic heterocycles. The van der Waals surface area contributed by atoms with Crippen molar-refractivity contribution < 1.29 is 23.0 Å². The van der Waals surface area contributed by atoms with Crippen molar-refractivity contribution in [2.24, 2.45) is 5.92 Å². The van der Waals surface area contributed by atoms with E-state index in [4.69, 9.17) is 9.47 Å². The van der Waals surface area contributed by atoms with Crippen molar-refractivity contribution in [2.75, 3.05) is 14.2 Å². The number of hydrogen-bond acceptors (Lipinski definition) is 6. The molecule has 5 nitrogen and oxygen atoms in total. The van der Waals surface area contributed by atoms with E-state index in [9.17, 15) is 13.6 Å². The molecule has 1 aromatic carbocycles. The fraction of sp³-hybridized carbons (Fsp3) is 0.353. The molecule has 25 heavy (non-hydrogen) atoms. The largest absolute Gasteiger partial charge is 0.481 e. The van der Waals surface area contributed by atoms with Crippen molar-refractivity contribution in [3.8, 4) is 11.8 Å². The van der Waals surface area contributed by atoms with Crippen molar-refractivity contribution in [3.05, 3.63) is 41.5 Å². The van der Waals surface area contributed by atoms with Gasteiger partial charge in [0.15, 0.2) is 5.16 Å². The van der Waals surface area contributed by atoms with Gasteiger partial charge in [-0.25, -0.2) is 8.78 Å². The van der Waals surface area contributed by atoms with Gasteiger partial charge in [0.05, 0.1) is 20.3 Å². The van der Waals surface area contributed by atoms with Crippen LogP contribution in [-0.2, 0) is 9.54 Å². The number of ether oxygens (including phenoxy) is 2. The molecule has 1 aromatic heterocycles. The second-order valence-corrected chi connectivity index (χ2v) is 6.77. The molecule has 0 N–H and O–H groups in total. The molecule has 0 radical (unpaired) electrons. The van der Waals surface area contributed by atoms with Crippen LogP contribution in [0.15, 0.2) is 29.4 Å². The molecule has 1 unspecified atom stereocenters. The van der Waals surface area contributed by atoms with Gasteiger partial charge in [-0.05, 0) is 24.1 Å². The minimum atomic E-state index is -1.41. The first-order valence-electron chi connectivity index (χ1n) is 7.44. The summed E-state index contributed by atoms with van der Waals surface area (Å²) in [6, 6.07) is 4.50. The molecular formula is C17H18F2N2O3S. The summed E-state index contributed by atoms with van der Waals surface area (Å²) in [5, 5.41) is 0.153. The minimum Gasteiger partial charge on any atom is -0.481 e. The third-order valence-corrected chi connectivity index (χ3v) is 5.21. The Bertz CT molecular complexity index is 751. The molecule has 8 heteroatoms. The summed E-state index contributed by atoms with van der Waals surface area (Å²) in [6.45, 7) is 3.48. The van der Waals surface area contributed by atoms with Crippen molar-refractivity contribution in [3.63, 3.8) is 0 Å². The van der Waals surface area contributed by atoms with E-state index >= 15 is 0 Å². The van der Waals surface area contributed by atoms with Gasteiger partial charge in [0.1, 0.15) is 22.7 Å². The highest BCUT2D eigenvalue weighted by Gasteiger charge is 2.40. The maximum atomic E-state index is 14.4. The van der Waals surface area contributed by atoms with E-state index in [0.29, 0.717) is 6.29 Å². The number of halogens is 2. The molecule has 134 valence electrons. The zero-order valence-corrected chi connectivity index (χ0v) is 15.1. The summed E-state index contributed by atoms with van der Waals surface area (Å²) in [7, 11) is 2.86. The quantitative estimate of drug-likeness (QED) is 0.423. The fourth-order valence-corrected chi connectivity index (χ4v) is 3.42. The Labute approximate surface area is 148 Å². The predicted octanol–water partition coefficient (Wildman–Crippen LogP) is 3.61. The second kappa shape index (κ2) is 7.77. The molecule has 0 aliphatic rings. The Morgan fingerprint density at radius 2 is 1.72 bits per heavy atom. The van der Waals surface area contributed by atoms with E-state index in [1.165, 1.54) is 20.3 Å². The van der Waals surface area contributed by atoms with Crippen molar-refractivity contribution >= 4 is 18.0 Å². The maximum absolute atomic E-state index is 14.4. The summed E-state index contributed by atoms with van der Waals surface area (Å²) in [5.41, 5.74) is -0.0621. The van der Waals surface area contributed by atoms with Crippen LogP contribution in [-0.4, -0.2) is 30.5 Å². The van der Waals surface area contributed by atoms with Gasteiger partial charge in [0, 0.05) is 5.56 Å². The molecule has 0 spiro atoms. The van der Waals surface area contributed by atoms with Gasteiger partial charge in [-0.3, -0.25) is 0 Å². The third kappa shape index (κ3) is 3.89. The number of aldehydes is 1. The molecule has 0 aliphatic carbocycles. The number of methoxy groups -OCH3 is 2. The van der Waals surface area contributed by atoms with Crippen LogP contribution >= 0.6 is 11.8 Å². The molecule has 0 saturated carbocycles. The molecule has 0 amide bonds. The lowest BCUT2D eigenvalue weighted by Crippen LogP contribution is -2.32. The van der Waals surface area contributed by atoms with E-state index in [1.54, 1.807) is 13.8 Å². The third-order valence-electron chi connectivity index (χ3n) is 3.72. The van der Waals surface area contributed by atoms with E-state index < -0.39 is 16.4 Å². The molecule has 2 aromatic rings. The first kappa shape index (κ1) is 19.1. The zero-order valence-electron chi connectivity index (χ0n) is 14.2.